The first-order valence-corrected chi connectivity index (χ1v) is 7.20. The van der Waals surface area contributed by atoms with E-state index in [4.69, 9.17) is 0 Å². The summed E-state index contributed by atoms with van der Waals surface area (Å²) < 4.78 is 0. The van der Waals surface area contributed by atoms with E-state index < -0.39 is 0 Å². The lowest BCUT2D eigenvalue weighted by Gasteiger charge is -2.32. The van der Waals surface area contributed by atoms with E-state index in [-0.39, 0.29) is 0 Å². The van der Waals surface area contributed by atoms with Crippen LogP contribution < -0.4 is 5.32 Å². The van der Waals surface area contributed by atoms with Crippen LogP contribution in [0.25, 0.3) is 0 Å². The van der Waals surface area contributed by atoms with Crippen LogP contribution in [0.15, 0.2) is 24.5 Å². The fourth-order valence-corrected chi connectivity index (χ4v) is 2.60. The van der Waals surface area contributed by atoms with Crippen LogP contribution in [0.5, 0.6) is 0 Å². The maximum Gasteiger partial charge on any atom is 0.0270 e. The van der Waals surface area contributed by atoms with Crippen molar-refractivity contribution in [3.8, 4) is 0 Å². The van der Waals surface area contributed by atoms with E-state index >= 15 is 0 Å². The Labute approximate surface area is 111 Å². The highest BCUT2D eigenvalue weighted by atomic mass is 15.1. The van der Waals surface area contributed by atoms with Crippen LogP contribution in [0.2, 0.25) is 0 Å². The molecule has 1 N–H and O–H groups in total. The predicted molar refractivity (Wildman–Crippen MR) is 75.6 cm³/mol. The van der Waals surface area contributed by atoms with Crippen molar-refractivity contribution in [3.05, 3.63) is 30.1 Å². The Morgan fingerprint density at radius 3 is 2.67 bits per heavy atom. The number of nitrogens with one attached hydrogen (secondary N) is 1. The van der Waals surface area contributed by atoms with Gasteiger partial charge in [0.1, 0.15) is 0 Å². The first kappa shape index (κ1) is 13.5. The zero-order valence-corrected chi connectivity index (χ0v) is 11.4. The highest BCUT2D eigenvalue weighted by molar-refractivity contribution is 5.09. The van der Waals surface area contributed by atoms with Gasteiger partial charge in [0.15, 0.2) is 0 Å². The van der Waals surface area contributed by atoms with Gasteiger partial charge in [-0.2, -0.15) is 0 Å². The smallest absolute Gasteiger partial charge is 0.0270 e. The molecule has 1 aromatic rings. The molecule has 2 heterocycles. The maximum absolute atomic E-state index is 4.06. The first-order chi connectivity index (χ1) is 8.88. The molecule has 100 valence electrons. The van der Waals surface area contributed by atoms with E-state index in [1.807, 2.05) is 12.4 Å². The maximum atomic E-state index is 4.06. The molecule has 18 heavy (non-hydrogen) atoms. The van der Waals surface area contributed by atoms with Crippen LogP contribution in [0.3, 0.4) is 0 Å². The second kappa shape index (κ2) is 7.49. The molecule has 1 aromatic heterocycles. The van der Waals surface area contributed by atoms with E-state index in [2.05, 4.69) is 34.3 Å². The lowest BCUT2D eigenvalue weighted by molar-refractivity contribution is 0.184. The number of hydrogen-bond acceptors (Lipinski definition) is 3. The average molecular weight is 247 g/mol. The van der Waals surface area contributed by atoms with Gasteiger partial charge in [-0.3, -0.25) is 4.98 Å². The summed E-state index contributed by atoms with van der Waals surface area (Å²) in [6, 6.07) is 4.25. The lowest BCUT2D eigenvalue weighted by Crippen LogP contribution is -2.38. The van der Waals surface area contributed by atoms with Gasteiger partial charge < -0.3 is 10.2 Å². The Bertz CT molecular complexity index is 318. The number of piperidine rings is 1. The van der Waals surface area contributed by atoms with Gasteiger partial charge in [-0.05, 0) is 69.1 Å². The van der Waals surface area contributed by atoms with E-state index in [1.165, 1.54) is 44.6 Å². The summed E-state index contributed by atoms with van der Waals surface area (Å²) in [4.78, 5) is 6.66. The molecule has 0 spiro atoms. The van der Waals surface area contributed by atoms with Gasteiger partial charge in [0.25, 0.3) is 0 Å². The van der Waals surface area contributed by atoms with Gasteiger partial charge >= 0.3 is 0 Å². The molecular formula is C15H25N3. The van der Waals surface area contributed by atoms with Crippen LogP contribution >= 0.6 is 0 Å². The van der Waals surface area contributed by atoms with Crippen molar-refractivity contribution in [2.24, 2.45) is 5.92 Å². The topological polar surface area (TPSA) is 28.2 Å². The number of nitrogens with zero attached hydrogens (tertiary/aromatic N) is 2. The normalized spacial score (nSPS) is 18.1. The Hall–Kier alpha value is -0.930. The van der Waals surface area contributed by atoms with Crippen molar-refractivity contribution in [1.82, 2.24) is 15.2 Å². The molecule has 1 aliphatic rings. The molecule has 3 nitrogen and oxygen atoms in total. The highest BCUT2D eigenvalue weighted by Gasteiger charge is 2.18. The summed E-state index contributed by atoms with van der Waals surface area (Å²) in [5, 5.41) is 3.47. The molecule has 2 rings (SSSR count). The first-order valence-electron chi connectivity index (χ1n) is 7.20. The molecular weight excluding hydrogens is 222 g/mol. The highest BCUT2D eigenvalue weighted by Crippen LogP contribution is 2.16. The van der Waals surface area contributed by atoms with Crippen molar-refractivity contribution >= 4 is 0 Å². The lowest BCUT2D eigenvalue weighted by atomic mass is 9.96. The standard InChI is InChI=1S/C15H25N3/c1-2-16-13-15-6-11-18(12-7-15)10-5-14-3-8-17-9-4-14/h3-4,8-9,15-16H,2,5-7,10-13H2,1H3. The summed E-state index contributed by atoms with van der Waals surface area (Å²) in [6.07, 6.45) is 7.63. The Kier molecular flexibility index (Phi) is 5.62. The van der Waals surface area contributed by atoms with Gasteiger partial charge in [0.2, 0.25) is 0 Å². The minimum atomic E-state index is 0.891. The van der Waals surface area contributed by atoms with Gasteiger partial charge in [-0.15, -0.1) is 0 Å². The zero-order valence-electron chi connectivity index (χ0n) is 11.4. The molecule has 0 bridgehead atoms. The molecule has 0 radical (unpaired) electrons. The van der Waals surface area contributed by atoms with E-state index in [0.717, 1.165) is 18.9 Å². The van der Waals surface area contributed by atoms with Crippen LogP contribution in [0.4, 0.5) is 0 Å². The van der Waals surface area contributed by atoms with Crippen molar-refractivity contribution < 1.29 is 0 Å². The molecule has 0 amide bonds. The fourth-order valence-electron chi connectivity index (χ4n) is 2.60. The predicted octanol–water partition coefficient (Wildman–Crippen LogP) is 1.95. The quantitative estimate of drug-likeness (QED) is 0.833. The van der Waals surface area contributed by atoms with E-state index in [9.17, 15) is 0 Å². The van der Waals surface area contributed by atoms with Crippen molar-refractivity contribution in [3.63, 3.8) is 0 Å². The molecule has 0 aromatic carbocycles. The Balaban J connectivity index is 1.65. The van der Waals surface area contributed by atoms with Crippen LogP contribution in [0, 0.1) is 5.92 Å². The van der Waals surface area contributed by atoms with E-state index in [0.29, 0.717) is 0 Å². The summed E-state index contributed by atoms with van der Waals surface area (Å²) in [5.74, 6) is 0.891. The second-order valence-electron chi connectivity index (χ2n) is 5.20. The molecule has 1 aliphatic heterocycles. The molecule has 1 fully saturated rings. The largest absolute Gasteiger partial charge is 0.317 e. The monoisotopic (exact) mass is 247 g/mol. The number of rotatable bonds is 6. The number of likely N-dealkylation sites (tertiary alicyclic amines) is 1. The van der Waals surface area contributed by atoms with Crippen molar-refractivity contribution in [2.45, 2.75) is 26.2 Å². The van der Waals surface area contributed by atoms with Gasteiger partial charge in [-0.25, -0.2) is 0 Å². The van der Waals surface area contributed by atoms with Crippen molar-refractivity contribution in [1.29, 1.82) is 0 Å². The van der Waals surface area contributed by atoms with Crippen molar-refractivity contribution in [2.75, 3.05) is 32.7 Å². The summed E-state index contributed by atoms with van der Waals surface area (Å²) in [5.41, 5.74) is 1.40. The SMILES string of the molecule is CCNCC1CCN(CCc2ccncc2)CC1. The molecule has 0 saturated carbocycles. The van der Waals surface area contributed by atoms with E-state index in [1.54, 1.807) is 0 Å². The van der Waals surface area contributed by atoms with Gasteiger partial charge in [0, 0.05) is 18.9 Å². The second-order valence-corrected chi connectivity index (χ2v) is 5.20. The van der Waals surface area contributed by atoms with Gasteiger partial charge in [0.05, 0.1) is 0 Å². The Morgan fingerprint density at radius 2 is 2.00 bits per heavy atom. The summed E-state index contributed by atoms with van der Waals surface area (Å²) in [7, 11) is 0. The summed E-state index contributed by atoms with van der Waals surface area (Å²) in [6.45, 7) is 8.21. The van der Waals surface area contributed by atoms with Crippen LogP contribution in [0.1, 0.15) is 25.3 Å². The molecule has 0 atom stereocenters. The van der Waals surface area contributed by atoms with Crippen LogP contribution in [-0.2, 0) is 6.42 Å². The Morgan fingerprint density at radius 1 is 1.28 bits per heavy atom. The third-order valence-corrected chi connectivity index (χ3v) is 3.86. The number of pyridine rings is 1. The molecule has 0 aliphatic carbocycles. The zero-order chi connectivity index (χ0) is 12.6. The van der Waals surface area contributed by atoms with Crippen LogP contribution in [-0.4, -0.2) is 42.6 Å². The average Bonchev–Trinajstić information content (AvgIpc) is 2.45. The van der Waals surface area contributed by atoms with Gasteiger partial charge in [-0.1, -0.05) is 6.92 Å². The minimum absolute atomic E-state index is 0.891. The molecule has 0 unspecified atom stereocenters. The molecule has 3 heteroatoms. The summed E-state index contributed by atoms with van der Waals surface area (Å²) >= 11 is 0. The minimum Gasteiger partial charge on any atom is -0.317 e. The number of aromatic nitrogens is 1. The third kappa shape index (κ3) is 4.39. The molecule has 1 saturated heterocycles. The number of hydrogen-bond donors (Lipinski definition) is 1. The fraction of sp³-hybridized carbons (Fsp3) is 0.667. The third-order valence-electron chi connectivity index (χ3n) is 3.86.